The first-order valence-electron chi connectivity index (χ1n) is 5.96. The number of rotatable bonds is 1. The Kier molecular flexibility index (Phi) is 2.81. The second kappa shape index (κ2) is 4.59. The van der Waals surface area contributed by atoms with E-state index in [1.807, 2.05) is 6.07 Å². The molecule has 2 heterocycles. The molecule has 2 aromatic carbocycles. The number of nitrogens with zero attached hydrogens (tertiary/aromatic N) is 3. The quantitative estimate of drug-likeness (QED) is 0.521. The third-order valence-electron chi connectivity index (χ3n) is 3.22. The molecule has 0 spiro atoms. The molecule has 0 amide bonds. The number of imidazole rings is 1. The predicted octanol–water partition coefficient (Wildman–Crippen LogP) is 4.49. The largest absolute Gasteiger partial charge is 0.330 e. The van der Waals surface area contributed by atoms with E-state index in [-0.39, 0.29) is 5.82 Å². The van der Waals surface area contributed by atoms with Gasteiger partial charge in [0.15, 0.2) is 4.77 Å². The van der Waals surface area contributed by atoms with Crippen LogP contribution in [0.2, 0.25) is 5.02 Å². The molecule has 4 rings (SSSR count). The van der Waals surface area contributed by atoms with Crippen LogP contribution in [-0.2, 0) is 0 Å². The number of fused-ring (bicyclic) bond motifs is 2. The molecular formula is C13H6ClFN4S2. The van der Waals surface area contributed by atoms with Crippen molar-refractivity contribution < 1.29 is 4.39 Å². The molecule has 104 valence electrons. The molecule has 0 bridgehead atoms. The molecule has 0 aliphatic carbocycles. The third kappa shape index (κ3) is 1.89. The highest BCUT2D eigenvalue weighted by molar-refractivity contribution is 7.71. The summed E-state index contributed by atoms with van der Waals surface area (Å²) < 4.78 is 24.0. The second-order valence-corrected chi connectivity index (χ2v) is 5.78. The number of aromatic nitrogens is 4. The van der Waals surface area contributed by atoms with Crippen LogP contribution in [-0.4, -0.2) is 18.3 Å². The number of hydrogen-bond acceptors (Lipinski definition) is 4. The normalized spacial score (nSPS) is 11.5. The highest BCUT2D eigenvalue weighted by Crippen LogP contribution is 2.31. The van der Waals surface area contributed by atoms with Crippen molar-refractivity contribution in [2.24, 2.45) is 0 Å². The van der Waals surface area contributed by atoms with Gasteiger partial charge in [-0.3, -0.25) is 4.57 Å². The van der Waals surface area contributed by atoms with E-state index in [1.165, 1.54) is 12.1 Å². The number of nitrogens with one attached hydrogen (secondary N) is 1. The minimum Gasteiger partial charge on any atom is -0.330 e. The Hall–Kier alpha value is -1.83. The fourth-order valence-electron chi connectivity index (χ4n) is 2.33. The lowest BCUT2D eigenvalue weighted by Gasteiger charge is -2.07. The Morgan fingerprint density at radius 2 is 2.10 bits per heavy atom. The van der Waals surface area contributed by atoms with E-state index in [0.717, 1.165) is 22.8 Å². The van der Waals surface area contributed by atoms with Crippen molar-refractivity contribution in [2.45, 2.75) is 0 Å². The Balaban J connectivity index is 2.19. The first-order valence-corrected chi connectivity index (χ1v) is 7.48. The Morgan fingerprint density at radius 1 is 1.24 bits per heavy atom. The summed E-state index contributed by atoms with van der Waals surface area (Å²) in [6.45, 7) is 0. The summed E-state index contributed by atoms with van der Waals surface area (Å²) in [6.07, 6.45) is 0. The van der Waals surface area contributed by atoms with Gasteiger partial charge in [-0.25, -0.2) is 4.39 Å². The van der Waals surface area contributed by atoms with Gasteiger partial charge in [-0.15, -0.1) is 0 Å². The molecule has 4 aromatic rings. The summed E-state index contributed by atoms with van der Waals surface area (Å²) in [5, 5.41) is 0.511. The summed E-state index contributed by atoms with van der Waals surface area (Å²) >= 11 is 12.8. The van der Waals surface area contributed by atoms with Crippen LogP contribution in [0.25, 0.3) is 27.8 Å². The number of aromatic amines is 1. The van der Waals surface area contributed by atoms with Crippen LogP contribution >= 0.6 is 35.5 Å². The van der Waals surface area contributed by atoms with Crippen molar-refractivity contribution in [3.63, 3.8) is 0 Å². The maximum atomic E-state index is 13.4. The number of halogens is 2. The summed E-state index contributed by atoms with van der Waals surface area (Å²) in [7, 11) is 0. The SMILES string of the molecule is Fc1ccc2c(c1)[nH]c(=S)n2-c1c(Cl)ccc2nsnc12. The van der Waals surface area contributed by atoms with Gasteiger partial charge in [-0.05, 0) is 42.5 Å². The van der Waals surface area contributed by atoms with Crippen molar-refractivity contribution in [3.8, 4) is 5.69 Å². The molecule has 0 saturated carbocycles. The molecule has 1 N–H and O–H groups in total. The van der Waals surface area contributed by atoms with Crippen molar-refractivity contribution in [1.82, 2.24) is 18.3 Å². The van der Waals surface area contributed by atoms with Gasteiger partial charge in [0.1, 0.15) is 16.9 Å². The Bertz CT molecular complexity index is 1050. The lowest BCUT2D eigenvalue weighted by atomic mass is 10.2. The van der Waals surface area contributed by atoms with Crippen molar-refractivity contribution in [1.29, 1.82) is 0 Å². The lowest BCUT2D eigenvalue weighted by molar-refractivity contribution is 0.629. The van der Waals surface area contributed by atoms with E-state index in [2.05, 4.69) is 13.7 Å². The molecule has 0 aliphatic heterocycles. The first kappa shape index (κ1) is 12.9. The zero-order valence-corrected chi connectivity index (χ0v) is 12.7. The van der Waals surface area contributed by atoms with E-state index in [0.29, 0.717) is 26.5 Å². The van der Waals surface area contributed by atoms with Crippen LogP contribution in [0.3, 0.4) is 0 Å². The molecule has 0 unspecified atom stereocenters. The molecule has 0 saturated heterocycles. The third-order valence-corrected chi connectivity index (χ3v) is 4.35. The zero-order chi connectivity index (χ0) is 14.6. The summed E-state index contributed by atoms with van der Waals surface area (Å²) in [5.41, 5.74) is 3.43. The highest BCUT2D eigenvalue weighted by atomic mass is 35.5. The molecule has 0 fully saturated rings. The predicted molar refractivity (Wildman–Crippen MR) is 84.4 cm³/mol. The van der Waals surface area contributed by atoms with Crippen LogP contribution in [0.15, 0.2) is 30.3 Å². The van der Waals surface area contributed by atoms with E-state index in [4.69, 9.17) is 23.8 Å². The average molecular weight is 337 g/mol. The first-order chi connectivity index (χ1) is 10.1. The molecule has 21 heavy (non-hydrogen) atoms. The van der Waals surface area contributed by atoms with E-state index in [9.17, 15) is 4.39 Å². The highest BCUT2D eigenvalue weighted by Gasteiger charge is 2.16. The van der Waals surface area contributed by atoms with Gasteiger partial charge in [0.2, 0.25) is 0 Å². The monoisotopic (exact) mass is 336 g/mol. The molecule has 8 heteroatoms. The molecular weight excluding hydrogens is 331 g/mol. The fourth-order valence-corrected chi connectivity index (χ4v) is 3.41. The van der Waals surface area contributed by atoms with Gasteiger partial charge in [0.25, 0.3) is 0 Å². The van der Waals surface area contributed by atoms with Crippen molar-refractivity contribution in [2.75, 3.05) is 0 Å². The molecule has 2 aromatic heterocycles. The molecule has 0 aliphatic rings. The van der Waals surface area contributed by atoms with Crippen LogP contribution < -0.4 is 0 Å². The summed E-state index contributed by atoms with van der Waals surface area (Å²) in [5.74, 6) is -0.328. The standard InChI is InChI=1S/C13H6ClFN4S2/c14-7-2-3-8-11(18-21-17-8)12(7)19-10-4-1-6(15)5-9(10)16-13(19)20/h1-5H,(H,16,20). The summed E-state index contributed by atoms with van der Waals surface area (Å²) in [6, 6.07) is 8.00. The van der Waals surface area contributed by atoms with Gasteiger partial charge in [0.05, 0.1) is 33.5 Å². The van der Waals surface area contributed by atoms with Gasteiger partial charge in [-0.1, -0.05) is 11.6 Å². The van der Waals surface area contributed by atoms with Gasteiger partial charge >= 0.3 is 0 Å². The van der Waals surface area contributed by atoms with E-state index in [1.54, 1.807) is 16.7 Å². The van der Waals surface area contributed by atoms with Crippen molar-refractivity contribution >= 4 is 57.6 Å². The number of H-pyrrole nitrogens is 1. The number of hydrogen-bond donors (Lipinski definition) is 1. The maximum absolute atomic E-state index is 13.4. The van der Waals surface area contributed by atoms with Crippen LogP contribution in [0.5, 0.6) is 0 Å². The average Bonchev–Trinajstić information content (AvgIpc) is 3.02. The minimum atomic E-state index is -0.328. The minimum absolute atomic E-state index is 0.328. The maximum Gasteiger partial charge on any atom is 0.182 e. The van der Waals surface area contributed by atoms with Gasteiger partial charge in [0, 0.05) is 0 Å². The zero-order valence-electron chi connectivity index (χ0n) is 10.3. The molecule has 0 radical (unpaired) electrons. The van der Waals surface area contributed by atoms with Crippen LogP contribution in [0.1, 0.15) is 0 Å². The fraction of sp³-hybridized carbons (Fsp3) is 0. The smallest absolute Gasteiger partial charge is 0.182 e. The number of benzene rings is 2. The molecule has 0 atom stereocenters. The second-order valence-electron chi connectivity index (χ2n) is 4.45. The van der Waals surface area contributed by atoms with Crippen LogP contribution in [0.4, 0.5) is 4.39 Å². The van der Waals surface area contributed by atoms with E-state index < -0.39 is 0 Å². The molecule has 4 nitrogen and oxygen atoms in total. The van der Waals surface area contributed by atoms with Crippen LogP contribution in [0, 0.1) is 10.6 Å². The lowest BCUT2D eigenvalue weighted by Crippen LogP contribution is -1.97. The van der Waals surface area contributed by atoms with Crippen molar-refractivity contribution in [3.05, 3.63) is 45.9 Å². The topological polar surface area (TPSA) is 46.5 Å². The van der Waals surface area contributed by atoms with E-state index >= 15 is 0 Å². The van der Waals surface area contributed by atoms with Gasteiger partial charge in [-0.2, -0.15) is 8.75 Å². The summed E-state index contributed by atoms with van der Waals surface area (Å²) in [4.78, 5) is 2.98. The Morgan fingerprint density at radius 3 is 2.95 bits per heavy atom. The van der Waals surface area contributed by atoms with Gasteiger partial charge < -0.3 is 4.98 Å². The Labute approximate surface area is 132 Å².